The van der Waals surface area contributed by atoms with Crippen LogP contribution in [0.3, 0.4) is 0 Å². The van der Waals surface area contributed by atoms with E-state index in [1.54, 1.807) is 11.3 Å². The molecule has 12 aromatic carbocycles. The van der Waals surface area contributed by atoms with Crippen molar-refractivity contribution >= 4 is 108 Å². The fraction of sp³-hybridized carbons (Fsp3) is 0. The summed E-state index contributed by atoms with van der Waals surface area (Å²) in [5.41, 5.74) is 15.6. The van der Waals surface area contributed by atoms with Gasteiger partial charge in [0.15, 0.2) is 5.82 Å². The third kappa shape index (κ3) is 7.19. The Kier molecular flexibility index (Phi) is 10.1. The molecule has 7 heteroatoms. The SMILES string of the molecule is c1ccc(-c2cc3ccc4nc(-c5ccc6c(c5)c5cc(-c7ccc8c(c7)c7c9ccccc9ccc7n8-c7nc(-c8ccccc8)c8ccc9ccccc9c8n7)ccc5n6-c5ccccc5)nc(-c5ccccc5)c4c3s2)cc1. The maximum Gasteiger partial charge on any atom is 0.235 e. The van der Waals surface area contributed by atoms with Crippen LogP contribution in [-0.4, -0.2) is 29.1 Å². The summed E-state index contributed by atoms with van der Waals surface area (Å²) >= 11 is 1.81. The Balaban J connectivity index is 0.869. The fourth-order valence-electron chi connectivity index (χ4n) is 12.5. The van der Waals surface area contributed by atoms with Gasteiger partial charge in [0.05, 0.1) is 44.5 Å². The molecule has 0 radical (unpaired) electrons. The average Bonchev–Trinajstić information content (AvgIpc) is 4.45. The molecule has 17 aromatic rings. The van der Waals surface area contributed by atoms with Crippen molar-refractivity contribution in [3.05, 3.63) is 267 Å². The van der Waals surface area contributed by atoms with Gasteiger partial charge in [0, 0.05) is 69.7 Å². The van der Waals surface area contributed by atoms with E-state index in [4.69, 9.17) is 19.9 Å². The van der Waals surface area contributed by atoms with Gasteiger partial charge in [-0.2, -0.15) is 0 Å². The van der Waals surface area contributed by atoms with Crippen LogP contribution in [0.25, 0.3) is 164 Å². The number of thiophene rings is 1. The molecule has 0 spiro atoms. The highest BCUT2D eigenvalue weighted by Crippen LogP contribution is 2.45. The summed E-state index contributed by atoms with van der Waals surface area (Å²) in [5.74, 6) is 1.32. The molecule has 0 aliphatic carbocycles. The van der Waals surface area contributed by atoms with E-state index in [9.17, 15) is 0 Å². The largest absolute Gasteiger partial charge is 0.309 e. The van der Waals surface area contributed by atoms with Crippen LogP contribution in [0.15, 0.2) is 267 Å². The van der Waals surface area contributed by atoms with Crippen molar-refractivity contribution in [2.75, 3.05) is 0 Å². The van der Waals surface area contributed by atoms with E-state index in [0.717, 1.165) is 116 Å². The van der Waals surface area contributed by atoms with Gasteiger partial charge in [-0.25, -0.2) is 19.9 Å². The van der Waals surface area contributed by atoms with Crippen molar-refractivity contribution in [2.45, 2.75) is 0 Å². The second kappa shape index (κ2) is 18.0. The van der Waals surface area contributed by atoms with Gasteiger partial charge in [0.25, 0.3) is 0 Å². The minimum absolute atomic E-state index is 0.634. The standard InChI is InChI=1S/C74H44N6S/c1-5-19-47(20-6-1)66-44-52-30-36-61-68(72(52)81-66)70(49-23-9-3-10-24-49)76-73(75-61)53-34-39-63-59(43-53)58-41-50(32-37-62(58)79(63)54-25-11-4-12-26-54)51-33-38-64-60(42-51)67-55-27-15-13-17-45(55)31-40-65(67)80(64)74-77-69(48-21-7-2-8-22-48)57-35-29-46-18-14-16-28-56(46)71(57)78-74/h1-44H. The summed E-state index contributed by atoms with van der Waals surface area (Å²) in [4.78, 5) is 23.2. The number of rotatable bonds is 7. The van der Waals surface area contributed by atoms with Crippen LogP contribution in [0.4, 0.5) is 0 Å². The van der Waals surface area contributed by atoms with E-state index < -0.39 is 0 Å². The molecule has 81 heavy (non-hydrogen) atoms. The lowest BCUT2D eigenvalue weighted by Crippen LogP contribution is -2.03. The Bertz CT molecular complexity index is 5400. The zero-order valence-electron chi connectivity index (χ0n) is 43.5. The Labute approximate surface area is 468 Å². The average molecular weight is 1050 g/mol. The van der Waals surface area contributed by atoms with Gasteiger partial charge in [-0.1, -0.05) is 188 Å². The van der Waals surface area contributed by atoms with Gasteiger partial charge in [-0.05, 0) is 117 Å². The smallest absolute Gasteiger partial charge is 0.235 e. The molecule has 0 atom stereocenters. The van der Waals surface area contributed by atoms with E-state index in [1.807, 2.05) is 0 Å². The van der Waals surface area contributed by atoms with Gasteiger partial charge < -0.3 is 4.57 Å². The van der Waals surface area contributed by atoms with Crippen molar-refractivity contribution < 1.29 is 0 Å². The lowest BCUT2D eigenvalue weighted by atomic mass is 9.98. The van der Waals surface area contributed by atoms with Crippen molar-refractivity contribution in [1.82, 2.24) is 29.1 Å². The Morgan fingerprint density at radius 2 is 0.840 bits per heavy atom. The molecule has 5 aromatic heterocycles. The van der Waals surface area contributed by atoms with Crippen molar-refractivity contribution in [2.24, 2.45) is 0 Å². The predicted molar refractivity (Wildman–Crippen MR) is 339 cm³/mol. The first-order valence-corrected chi connectivity index (χ1v) is 28.2. The molecule has 5 heterocycles. The highest BCUT2D eigenvalue weighted by atomic mass is 32.1. The molecule has 6 nitrogen and oxygen atoms in total. The Hall–Kier alpha value is -10.6. The molecule has 376 valence electrons. The molecule has 0 fully saturated rings. The van der Waals surface area contributed by atoms with Crippen LogP contribution < -0.4 is 0 Å². The highest BCUT2D eigenvalue weighted by Gasteiger charge is 2.23. The van der Waals surface area contributed by atoms with Crippen LogP contribution in [0.1, 0.15) is 0 Å². The van der Waals surface area contributed by atoms with Crippen molar-refractivity contribution in [1.29, 1.82) is 0 Å². The van der Waals surface area contributed by atoms with E-state index in [0.29, 0.717) is 11.8 Å². The fourth-order valence-corrected chi connectivity index (χ4v) is 13.8. The van der Waals surface area contributed by atoms with Gasteiger partial charge >= 0.3 is 0 Å². The summed E-state index contributed by atoms with van der Waals surface area (Å²) in [7, 11) is 0. The molecule has 0 amide bonds. The lowest BCUT2D eigenvalue weighted by Gasteiger charge is -2.13. The second-order valence-electron chi connectivity index (χ2n) is 20.9. The molecule has 0 aliphatic heterocycles. The molecule has 0 N–H and O–H groups in total. The van der Waals surface area contributed by atoms with E-state index in [-0.39, 0.29) is 0 Å². The number of para-hydroxylation sites is 1. The number of nitrogens with zero attached hydrogens (tertiary/aromatic N) is 6. The number of fused-ring (bicyclic) bond motifs is 14. The topological polar surface area (TPSA) is 61.4 Å². The Morgan fingerprint density at radius 3 is 1.56 bits per heavy atom. The van der Waals surface area contributed by atoms with E-state index >= 15 is 0 Å². The molecule has 0 saturated carbocycles. The summed E-state index contributed by atoms with van der Waals surface area (Å²) in [6.45, 7) is 0. The molecular formula is C74H44N6S. The summed E-state index contributed by atoms with van der Waals surface area (Å²) in [6.07, 6.45) is 0. The highest BCUT2D eigenvalue weighted by molar-refractivity contribution is 7.23. The zero-order chi connectivity index (χ0) is 53.1. The van der Waals surface area contributed by atoms with Gasteiger partial charge in [-0.3, -0.25) is 4.57 Å². The first-order valence-electron chi connectivity index (χ1n) is 27.4. The summed E-state index contributed by atoms with van der Waals surface area (Å²) in [5, 5.41) is 12.5. The van der Waals surface area contributed by atoms with Crippen molar-refractivity contribution in [3.8, 4) is 67.1 Å². The Morgan fingerprint density at radius 1 is 0.296 bits per heavy atom. The second-order valence-corrected chi connectivity index (χ2v) is 22.0. The van der Waals surface area contributed by atoms with E-state index in [2.05, 4.69) is 276 Å². The number of aromatic nitrogens is 6. The van der Waals surface area contributed by atoms with Crippen LogP contribution >= 0.6 is 11.3 Å². The van der Waals surface area contributed by atoms with Crippen molar-refractivity contribution in [3.63, 3.8) is 0 Å². The summed E-state index contributed by atoms with van der Waals surface area (Å²) < 4.78 is 5.84. The number of benzene rings is 12. The molecule has 0 unspecified atom stereocenters. The maximum absolute atomic E-state index is 5.52. The third-order valence-electron chi connectivity index (χ3n) is 16.3. The minimum atomic E-state index is 0.634. The van der Waals surface area contributed by atoms with Crippen LogP contribution in [-0.2, 0) is 0 Å². The predicted octanol–water partition coefficient (Wildman–Crippen LogP) is 19.6. The van der Waals surface area contributed by atoms with Gasteiger partial charge in [0.2, 0.25) is 5.95 Å². The quantitative estimate of drug-likeness (QED) is 0.149. The zero-order valence-corrected chi connectivity index (χ0v) is 44.3. The molecule has 17 rings (SSSR count). The van der Waals surface area contributed by atoms with Gasteiger partial charge in [-0.15, -0.1) is 11.3 Å². The first kappa shape index (κ1) is 45.4. The molecule has 0 aliphatic rings. The minimum Gasteiger partial charge on any atom is -0.309 e. The van der Waals surface area contributed by atoms with Crippen LogP contribution in [0.5, 0.6) is 0 Å². The maximum atomic E-state index is 5.52. The molecule has 0 bridgehead atoms. The first-order chi connectivity index (χ1) is 40.1. The van der Waals surface area contributed by atoms with Crippen LogP contribution in [0, 0.1) is 0 Å². The molecular weight excluding hydrogens is 1000 g/mol. The number of hydrogen-bond acceptors (Lipinski definition) is 5. The monoisotopic (exact) mass is 1050 g/mol. The van der Waals surface area contributed by atoms with Gasteiger partial charge in [0.1, 0.15) is 0 Å². The van der Waals surface area contributed by atoms with Crippen LogP contribution in [0.2, 0.25) is 0 Å². The molecule has 0 saturated heterocycles. The van der Waals surface area contributed by atoms with E-state index in [1.165, 1.54) is 36.7 Å². The normalized spacial score (nSPS) is 12.0. The number of hydrogen-bond donors (Lipinski definition) is 0. The summed E-state index contributed by atoms with van der Waals surface area (Å²) in [6, 6.07) is 95.7. The third-order valence-corrected chi connectivity index (χ3v) is 17.5. The lowest BCUT2D eigenvalue weighted by molar-refractivity contribution is 1.02.